The summed E-state index contributed by atoms with van der Waals surface area (Å²) < 4.78 is 39.9. The van der Waals surface area contributed by atoms with E-state index in [0.717, 1.165) is 19.4 Å². The van der Waals surface area contributed by atoms with Gasteiger partial charge in [0, 0.05) is 18.8 Å². The molecule has 1 heterocycles. The lowest BCUT2D eigenvalue weighted by Gasteiger charge is -2.32. The molecule has 1 aromatic carbocycles. The summed E-state index contributed by atoms with van der Waals surface area (Å²) in [6, 6.07) is 5.33. The molecule has 8 heteroatoms. The number of rotatable bonds is 2. The van der Waals surface area contributed by atoms with Crippen molar-refractivity contribution in [2.45, 2.75) is 25.3 Å². The molecule has 0 radical (unpaired) electrons. The third-order valence-electron chi connectivity index (χ3n) is 3.02. The van der Waals surface area contributed by atoms with Gasteiger partial charge in [-0.3, -0.25) is 0 Å². The van der Waals surface area contributed by atoms with E-state index >= 15 is 0 Å². The van der Waals surface area contributed by atoms with Crippen LogP contribution in [0.5, 0.6) is 5.75 Å². The minimum absolute atomic E-state index is 0.285. The molecule has 1 atom stereocenters. The third-order valence-corrected chi connectivity index (χ3v) is 3.38. The highest BCUT2D eigenvalue weighted by atomic mass is 32.1. The Bertz CT molecular complexity index is 493. The fraction of sp³-hybridized carbons (Fsp3) is 0.462. The van der Waals surface area contributed by atoms with Crippen LogP contribution in [-0.2, 0) is 0 Å². The molecule has 116 valence electrons. The molecule has 0 bridgehead atoms. The lowest BCUT2D eigenvalue weighted by molar-refractivity contribution is -0.274. The number of ether oxygens (including phenoxy) is 1. The smallest absolute Gasteiger partial charge is 0.406 e. The van der Waals surface area contributed by atoms with Crippen LogP contribution in [0.1, 0.15) is 12.8 Å². The number of aliphatic hydroxyl groups is 1. The van der Waals surface area contributed by atoms with Crippen LogP contribution < -0.4 is 10.1 Å². The fourth-order valence-electron chi connectivity index (χ4n) is 2.08. The lowest BCUT2D eigenvalue weighted by atomic mass is 10.1. The Kier molecular flexibility index (Phi) is 4.89. The molecule has 0 aromatic heterocycles. The summed E-state index contributed by atoms with van der Waals surface area (Å²) in [7, 11) is 0. The second kappa shape index (κ2) is 6.48. The maximum Gasteiger partial charge on any atom is 0.573 e. The summed E-state index contributed by atoms with van der Waals surface area (Å²) in [5.74, 6) is -0.285. The predicted octanol–water partition coefficient (Wildman–Crippen LogP) is 2.74. The molecule has 1 aliphatic heterocycles. The second-order valence-electron chi connectivity index (χ2n) is 4.74. The van der Waals surface area contributed by atoms with Crippen molar-refractivity contribution in [1.82, 2.24) is 4.90 Å². The molecule has 0 spiro atoms. The maximum absolute atomic E-state index is 12.0. The number of hydrogen-bond acceptors (Lipinski definition) is 3. The van der Waals surface area contributed by atoms with Crippen LogP contribution in [0, 0.1) is 0 Å². The molecule has 1 saturated heterocycles. The first-order valence-corrected chi connectivity index (χ1v) is 6.84. The normalized spacial score (nSPS) is 19.2. The first kappa shape index (κ1) is 15.8. The Labute approximate surface area is 125 Å². The van der Waals surface area contributed by atoms with E-state index in [4.69, 9.17) is 12.2 Å². The Morgan fingerprint density at radius 3 is 2.57 bits per heavy atom. The minimum atomic E-state index is -4.70. The van der Waals surface area contributed by atoms with Crippen LogP contribution in [0.15, 0.2) is 24.3 Å². The summed E-state index contributed by atoms with van der Waals surface area (Å²) in [6.07, 6.45) is -3.50. The molecule has 2 N–H and O–H groups in total. The van der Waals surface area contributed by atoms with Crippen LogP contribution in [0.4, 0.5) is 18.9 Å². The molecule has 2 rings (SSSR count). The Hall–Kier alpha value is -1.54. The summed E-state index contributed by atoms with van der Waals surface area (Å²) in [6.45, 7) is 1.21. The number of hydrogen-bond donors (Lipinski definition) is 2. The zero-order valence-corrected chi connectivity index (χ0v) is 11.9. The average molecular weight is 320 g/mol. The number of halogens is 3. The molecule has 1 fully saturated rings. The number of anilines is 1. The van der Waals surface area contributed by atoms with E-state index in [1.807, 2.05) is 4.90 Å². The Balaban J connectivity index is 1.92. The van der Waals surface area contributed by atoms with E-state index in [2.05, 4.69) is 10.1 Å². The van der Waals surface area contributed by atoms with Crippen LogP contribution >= 0.6 is 12.2 Å². The number of likely N-dealkylation sites (tertiary alicyclic amines) is 1. The van der Waals surface area contributed by atoms with Gasteiger partial charge in [-0.2, -0.15) is 0 Å². The Morgan fingerprint density at radius 1 is 1.33 bits per heavy atom. The van der Waals surface area contributed by atoms with E-state index in [9.17, 15) is 18.3 Å². The van der Waals surface area contributed by atoms with Crippen molar-refractivity contribution in [1.29, 1.82) is 0 Å². The van der Waals surface area contributed by atoms with Crippen LogP contribution in [0.25, 0.3) is 0 Å². The number of benzene rings is 1. The largest absolute Gasteiger partial charge is 0.573 e. The monoisotopic (exact) mass is 320 g/mol. The van der Waals surface area contributed by atoms with Crippen molar-refractivity contribution >= 4 is 23.0 Å². The predicted molar refractivity (Wildman–Crippen MR) is 76.2 cm³/mol. The van der Waals surface area contributed by atoms with Gasteiger partial charge < -0.3 is 20.1 Å². The van der Waals surface area contributed by atoms with Crippen molar-refractivity contribution < 1.29 is 23.0 Å². The molecular formula is C13H15F3N2O2S. The molecule has 0 amide bonds. The van der Waals surface area contributed by atoms with Gasteiger partial charge >= 0.3 is 6.36 Å². The van der Waals surface area contributed by atoms with Gasteiger partial charge in [0.15, 0.2) is 5.11 Å². The summed E-state index contributed by atoms with van der Waals surface area (Å²) in [5, 5.41) is 13.0. The maximum atomic E-state index is 12.0. The van der Waals surface area contributed by atoms with Crippen molar-refractivity contribution in [3.8, 4) is 5.75 Å². The number of β-amino-alcohol motifs (C(OH)–C–C–N with tert-alkyl or cyclic N) is 1. The highest BCUT2D eigenvalue weighted by molar-refractivity contribution is 7.80. The number of thiocarbonyl (C=S) groups is 1. The van der Waals surface area contributed by atoms with Crippen molar-refractivity contribution in [3.05, 3.63) is 24.3 Å². The van der Waals surface area contributed by atoms with E-state index in [1.165, 1.54) is 24.3 Å². The van der Waals surface area contributed by atoms with E-state index in [-0.39, 0.29) is 5.75 Å². The summed E-state index contributed by atoms with van der Waals surface area (Å²) >= 11 is 5.22. The second-order valence-corrected chi connectivity index (χ2v) is 5.13. The van der Waals surface area contributed by atoms with Gasteiger partial charge in [-0.15, -0.1) is 13.2 Å². The first-order valence-electron chi connectivity index (χ1n) is 6.43. The van der Waals surface area contributed by atoms with Gasteiger partial charge in [0.05, 0.1) is 6.10 Å². The third kappa shape index (κ3) is 5.05. The van der Waals surface area contributed by atoms with E-state index in [1.54, 1.807) is 0 Å². The molecule has 0 aliphatic carbocycles. The Morgan fingerprint density at radius 2 is 2.00 bits per heavy atom. The average Bonchev–Trinajstić information content (AvgIpc) is 2.39. The number of piperidine rings is 1. The van der Waals surface area contributed by atoms with Gasteiger partial charge in [-0.05, 0) is 49.3 Å². The standard InChI is InChI=1S/C13H15F3N2O2S/c14-13(15,16)20-11-5-3-9(4-6-11)17-12(21)18-7-1-2-10(19)8-18/h3-6,10,19H,1-2,7-8H2,(H,17,21). The molecular weight excluding hydrogens is 305 g/mol. The van der Waals surface area contributed by atoms with Crippen molar-refractivity contribution in [2.75, 3.05) is 18.4 Å². The van der Waals surface area contributed by atoms with Gasteiger partial charge in [-0.1, -0.05) is 0 Å². The van der Waals surface area contributed by atoms with Gasteiger partial charge in [0.25, 0.3) is 0 Å². The fourth-order valence-corrected chi connectivity index (χ4v) is 2.37. The van der Waals surface area contributed by atoms with Crippen LogP contribution in [0.2, 0.25) is 0 Å². The van der Waals surface area contributed by atoms with Crippen molar-refractivity contribution in [3.63, 3.8) is 0 Å². The van der Waals surface area contributed by atoms with Gasteiger partial charge in [-0.25, -0.2) is 0 Å². The first-order chi connectivity index (χ1) is 9.83. The highest BCUT2D eigenvalue weighted by Crippen LogP contribution is 2.24. The highest BCUT2D eigenvalue weighted by Gasteiger charge is 2.31. The van der Waals surface area contributed by atoms with Gasteiger partial charge in [0.1, 0.15) is 5.75 Å². The molecule has 21 heavy (non-hydrogen) atoms. The lowest BCUT2D eigenvalue weighted by Crippen LogP contribution is -2.44. The molecule has 4 nitrogen and oxygen atoms in total. The molecule has 1 unspecified atom stereocenters. The zero-order valence-electron chi connectivity index (χ0n) is 11.1. The quantitative estimate of drug-likeness (QED) is 0.821. The van der Waals surface area contributed by atoms with Crippen LogP contribution in [0.3, 0.4) is 0 Å². The number of nitrogens with zero attached hydrogens (tertiary/aromatic N) is 1. The van der Waals surface area contributed by atoms with Crippen LogP contribution in [-0.4, -0.2) is 40.7 Å². The van der Waals surface area contributed by atoms with Gasteiger partial charge in [0.2, 0.25) is 0 Å². The number of aliphatic hydroxyl groups excluding tert-OH is 1. The molecule has 1 aromatic rings. The topological polar surface area (TPSA) is 44.7 Å². The summed E-state index contributed by atoms with van der Waals surface area (Å²) in [4.78, 5) is 1.84. The minimum Gasteiger partial charge on any atom is -0.406 e. The van der Waals surface area contributed by atoms with Crippen molar-refractivity contribution in [2.24, 2.45) is 0 Å². The van der Waals surface area contributed by atoms with E-state index in [0.29, 0.717) is 17.3 Å². The zero-order chi connectivity index (χ0) is 15.5. The molecule has 1 aliphatic rings. The molecule has 0 saturated carbocycles. The SMILES string of the molecule is OC1CCCN(C(=S)Nc2ccc(OC(F)(F)F)cc2)C1. The number of nitrogens with one attached hydrogen (secondary N) is 1. The summed E-state index contributed by atoms with van der Waals surface area (Å²) in [5.41, 5.74) is 0.564. The van der Waals surface area contributed by atoms with E-state index < -0.39 is 12.5 Å². The number of alkyl halides is 3.